The van der Waals surface area contributed by atoms with Crippen LogP contribution in [0.25, 0.3) is 44.8 Å². The average Bonchev–Trinajstić information content (AvgIpc) is 3.84. The molecule has 6 aromatic carbocycles. The van der Waals surface area contributed by atoms with Gasteiger partial charge in [-0.05, 0) is 97.1 Å². The second-order valence-corrected chi connectivity index (χ2v) is 14.9. The van der Waals surface area contributed by atoms with Gasteiger partial charge in [0.05, 0.1) is 66.0 Å². The lowest BCUT2D eigenvalue weighted by atomic mass is 10.1. The Hall–Kier alpha value is -6.37. The van der Waals surface area contributed by atoms with Crippen LogP contribution in [0.15, 0.2) is 121 Å². The number of anilines is 3. The van der Waals surface area contributed by atoms with E-state index in [0.717, 1.165) is 22.4 Å². The first-order chi connectivity index (χ1) is 28.4. The van der Waals surface area contributed by atoms with Crippen molar-refractivity contribution in [1.29, 1.82) is 0 Å². The molecule has 296 valence electrons. The Morgan fingerprint density at radius 1 is 0.559 bits per heavy atom. The van der Waals surface area contributed by atoms with Gasteiger partial charge in [-0.1, -0.05) is 70.7 Å². The van der Waals surface area contributed by atoms with Crippen molar-refractivity contribution in [2.75, 3.05) is 36.7 Å². The number of imidazole rings is 2. The van der Waals surface area contributed by atoms with E-state index in [9.17, 15) is 14.4 Å². The number of amides is 2. The van der Waals surface area contributed by atoms with E-state index in [0.29, 0.717) is 76.3 Å². The van der Waals surface area contributed by atoms with Gasteiger partial charge in [0.2, 0.25) is 0 Å². The zero-order valence-corrected chi connectivity index (χ0v) is 34.6. The van der Waals surface area contributed by atoms with Crippen LogP contribution in [-0.4, -0.2) is 58.9 Å². The number of ether oxygens (including phenoxy) is 1. The number of rotatable bonds is 8. The Bertz CT molecular complexity index is 2850. The lowest BCUT2D eigenvalue weighted by Crippen LogP contribution is -2.13. The molecule has 4 N–H and O–H groups in total. The summed E-state index contributed by atoms with van der Waals surface area (Å²) in [5.74, 6) is 0.0760. The summed E-state index contributed by atoms with van der Waals surface area (Å²) >= 11 is 25.1. The van der Waals surface area contributed by atoms with Crippen LogP contribution in [0.1, 0.15) is 31.1 Å². The molecule has 2 amide bonds. The highest BCUT2D eigenvalue weighted by Crippen LogP contribution is 2.35. The Kier molecular flexibility index (Phi) is 12.2. The van der Waals surface area contributed by atoms with Gasteiger partial charge in [-0.3, -0.25) is 9.59 Å². The second kappa shape index (κ2) is 17.6. The van der Waals surface area contributed by atoms with Crippen molar-refractivity contribution in [1.82, 2.24) is 19.9 Å². The molecule has 0 fully saturated rings. The zero-order valence-electron chi connectivity index (χ0n) is 31.5. The summed E-state index contributed by atoms with van der Waals surface area (Å²) in [4.78, 5) is 54.5. The van der Waals surface area contributed by atoms with Crippen LogP contribution in [0.3, 0.4) is 0 Å². The fraction of sp³-hybridized carbons (Fsp3) is 0.0682. The molecule has 0 saturated heterocycles. The number of hydrogen-bond donors (Lipinski definition) is 4. The maximum absolute atomic E-state index is 12.7. The van der Waals surface area contributed by atoms with Crippen molar-refractivity contribution in [2.45, 2.75) is 0 Å². The average molecular weight is 866 g/mol. The molecule has 0 bridgehead atoms. The summed E-state index contributed by atoms with van der Waals surface area (Å²) in [6.07, 6.45) is 0. The van der Waals surface area contributed by atoms with Gasteiger partial charge in [0.1, 0.15) is 11.6 Å². The Morgan fingerprint density at radius 3 is 1.46 bits per heavy atom. The van der Waals surface area contributed by atoms with Gasteiger partial charge in [0, 0.05) is 42.3 Å². The summed E-state index contributed by atoms with van der Waals surface area (Å²) in [7, 11) is 5.21. The lowest BCUT2D eigenvalue weighted by Gasteiger charge is -2.14. The first-order valence-electron chi connectivity index (χ1n) is 17.8. The quantitative estimate of drug-likeness (QED) is 0.111. The first kappa shape index (κ1) is 40.8. The first-order valence-corrected chi connectivity index (χ1v) is 19.4. The van der Waals surface area contributed by atoms with Crippen LogP contribution in [0, 0.1) is 0 Å². The largest absolute Gasteiger partial charge is 0.465 e. The number of benzene rings is 6. The number of carbonyl (C=O) groups is 3. The Balaban J connectivity index is 0.000000179. The van der Waals surface area contributed by atoms with E-state index in [-0.39, 0.29) is 11.8 Å². The Labute approximate surface area is 358 Å². The standard InChI is InChI=1S/C22H18Cl2N4O.C22H15Cl2N3O3/c1-28(2)15-6-3-5-14(12-15)25-22(29)13-9-10-18-19(11-13)27-21(26-18)20-16(23)7-4-8-17(20)24;1-30-22(29)13-4-2-5-14(10-13)25-21(28)12-8-9-17-18(11-12)27-20(26-17)19-15(23)6-3-7-16(19)24/h3-12H,1-2H3,(H,25,29)(H,26,27);2-11H,1H3,(H,25,28)(H,26,27). The number of nitrogens with zero attached hydrogens (tertiary/aromatic N) is 3. The van der Waals surface area contributed by atoms with Crippen molar-refractivity contribution in [3.63, 3.8) is 0 Å². The molecule has 8 aromatic rings. The van der Waals surface area contributed by atoms with Crippen molar-refractivity contribution in [3.05, 3.63) is 158 Å². The van der Waals surface area contributed by atoms with Gasteiger partial charge < -0.3 is 30.2 Å². The fourth-order valence-corrected chi connectivity index (χ4v) is 7.25. The van der Waals surface area contributed by atoms with E-state index in [1.165, 1.54) is 7.11 Å². The molecule has 11 nitrogen and oxygen atoms in total. The molecule has 0 aliphatic carbocycles. The molecule has 0 spiro atoms. The maximum Gasteiger partial charge on any atom is 0.337 e. The molecule has 8 rings (SSSR count). The molecule has 0 radical (unpaired) electrons. The van der Waals surface area contributed by atoms with E-state index in [1.54, 1.807) is 97.1 Å². The highest BCUT2D eigenvalue weighted by atomic mass is 35.5. The van der Waals surface area contributed by atoms with Crippen molar-refractivity contribution < 1.29 is 19.1 Å². The molecule has 0 aliphatic heterocycles. The highest BCUT2D eigenvalue weighted by molar-refractivity contribution is 6.39. The molecular formula is C44H33Cl4N7O4. The number of halogens is 4. The van der Waals surface area contributed by atoms with E-state index in [1.807, 2.05) is 43.3 Å². The van der Waals surface area contributed by atoms with Gasteiger partial charge in [0.15, 0.2) is 0 Å². The van der Waals surface area contributed by atoms with Crippen LogP contribution < -0.4 is 15.5 Å². The van der Waals surface area contributed by atoms with Gasteiger partial charge in [-0.2, -0.15) is 0 Å². The van der Waals surface area contributed by atoms with Crippen LogP contribution in [0.4, 0.5) is 17.1 Å². The number of nitrogens with one attached hydrogen (secondary N) is 4. The molecule has 15 heteroatoms. The van der Waals surface area contributed by atoms with Crippen LogP contribution in [-0.2, 0) is 4.74 Å². The van der Waals surface area contributed by atoms with Crippen LogP contribution >= 0.6 is 46.4 Å². The van der Waals surface area contributed by atoms with E-state index in [2.05, 4.69) is 30.6 Å². The van der Waals surface area contributed by atoms with Gasteiger partial charge in [-0.15, -0.1) is 0 Å². The number of hydrogen-bond acceptors (Lipinski definition) is 7. The summed E-state index contributed by atoms with van der Waals surface area (Å²) in [6, 6.07) is 35.1. The van der Waals surface area contributed by atoms with Crippen molar-refractivity contribution in [2.24, 2.45) is 0 Å². The molecular weight excluding hydrogens is 832 g/mol. The minimum Gasteiger partial charge on any atom is -0.465 e. The zero-order chi connectivity index (χ0) is 41.8. The second-order valence-electron chi connectivity index (χ2n) is 13.3. The smallest absolute Gasteiger partial charge is 0.337 e. The normalized spacial score (nSPS) is 10.8. The van der Waals surface area contributed by atoms with Gasteiger partial charge in [0.25, 0.3) is 11.8 Å². The summed E-state index contributed by atoms with van der Waals surface area (Å²) in [5, 5.41) is 7.68. The predicted molar refractivity (Wildman–Crippen MR) is 238 cm³/mol. The van der Waals surface area contributed by atoms with E-state index in [4.69, 9.17) is 51.1 Å². The third kappa shape index (κ3) is 9.19. The molecule has 0 aliphatic rings. The molecule has 0 saturated carbocycles. The lowest BCUT2D eigenvalue weighted by molar-refractivity contribution is 0.0600. The van der Waals surface area contributed by atoms with Gasteiger partial charge in [-0.25, -0.2) is 14.8 Å². The molecule has 0 atom stereocenters. The number of esters is 1. The fourth-order valence-electron chi connectivity index (χ4n) is 6.10. The Morgan fingerprint density at radius 2 is 1.00 bits per heavy atom. The SMILES string of the molecule is CN(C)c1cccc(NC(=O)c2ccc3nc(-c4c(Cl)cccc4Cl)[nH]c3c2)c1.COC(=O)c1cccc(NC(=O)c2ccc3nc(-c4c(Cl)cccc4Cl)[nH]c3c2)c1. The van der Waals surface area contributed by atoms with Crippen molar-refractivity contribution >= 4 is 103 Å². The number of aromatic amines is 2. The monoisotopic (exact) mass is 863 g/mol. The summed E-state index contributed by atoms with van der Waals surface area (Å²) < 4.78 is 4.70. The molecule has 2 aromatic heterocycles. The number of aromatic nitrogens is 4. The maximum atomic E-state index is 12.7. The molecule has 2 heterocycles. The number of methoxy groups -OCH3 is 1. The molecule has 59 heavy (non-hydrogen) atoms. The predicted octanol–water partition coefficient (Wildman–Crippen LogP) is 11.4. The number of carbonyl (C=O) groups excluding carboxylic acids is 3. The van der Waals surface area contributed by atoms with E-state index < -0.39 is 5.97 Å². The third-order valence-corrected chi connectivity index (χ3v) is 10.3. The highest BCUT2D eigenvalue weighted by Gasteiger charge is 2.17. The van der Waals surface area contributed by atoms with Crippen LogP contribution in [0.2, 0.25) is 20.1 Å². The summed E-state index contributed by atoms with van der Waals surface area (Å²) in [6.45, 7) is 0. The minimum absolute atomic E-state index is 0.199. The number of H-pyrrole nitrogens is 2. The van der Waals surface area contributed by atoms with E-state index >= 15 is 0 Å². The summed E-state index contributed by atoms with van der Waals surface area (Å²) in [5.41, 5.74) is 7.54. The third-order valence-electron chi connectivity index (χ3n) is 9.05. The van der Waals surface area contributed by atoms with Crippen LogP contribution in [0.5, 0.6) is 0 Å². The minimum atomic E-state index is -0.476. The number of fused-ring (bicyclic) bond motifs is 2. The topological polar surface area (TPSA) is 145 Å². The van der Waals surface area contributed by atoms with Crippen molar-refractivity contribution in [3.8, 4) is 22.8 Å². The van der Waals surface area contributed by atoms with Gasteiger partial charge >= 0.3 is 5.97 Å². The molecule has 0 unspecified atom stereocenters.